The van der Waals surface area contributed by atoms with Crippen molar-refractivity contribution in [2.24, 2.45) is 0 Å². The largest absolute Gasteiger partial charge is 0.416 e. The maximum absolute atomic E-state index is 13.0. The van der Waals surface area contributed by atoms with Crippen molar-refractivity contribution in [2.75, 3.05) is 0 Å². The molecule has 29 heavy (non-hydrogen) atoms. The minimum atomic E-state index is -4.38. The molecule has 4 rings (SSSR count). The number of hydrogen-bond acceptors (Lipinski definition) is 4. The zero-order chi connectivity index (χ0) is 20.8. The second kappa shape index (κ2) is 6.82. The summed E-state index contributed by atoms with van der Waals surface area (Å²) in [5.41, 5.74) is 1.08. The van der Waals surface area contributed by atoms with Crippen molar-refractivity contribution in [2.45, 2.75) is 51.2 Å². The van der Waals surface area contributed by atoms with E-state index in [-0.39, 0.29) is 5.56 Å². The molecular formula is C20H20F3N5O. The van der Waals surface area contributed by atoms with E-state index < -0.39 is 17.3 Å². The maximum atomic E-state index is 13.0. The lowest BCUT2D eigenvalue weighted by Crippen LogP contribution is -2.39. The lowest BCUT2D eigenvalue weighted by Gasteiger charge is -2.38. The van der Waals surface area contributed by atoms with Crippen molar-refractivity contribution in [1.29, 1.82) is 0 Å². The van der Waals surface area contributed by atoms with Crippen LogP contribution in [0, 0.1) is 6.92 Å². The zero-order valence-electron chi connectivity index (χ0n) is 16.0. The van der Waals surface area contributed by atoms with E-state index in [2.05, 4.69) is 20.3 Å². The smallest absolute Gasteiger partial charge is 0.311 e. The predicted molar refractivity (Wildman–Crippen MR) is 100 cm³/mol. The first kappa shape index (κ1) is 19.4. The van der Waals surface area contributed by atoms with Crippen molar-refractivity contribution in [1.82, 2.24) is 25.0 Å². The average molecular weight is 403 g/mol. The van der Waals surface area contributed by atoms with E-state index in [0.29, 0.717) is 30.1 Å². The third-order valence-corrected chi connectivity index (χ3v) is 5.61. The van der Waals surface area contributed by atoms with Crippen LogP contribution in [-0.4, -0.2) is 25.0 Å². The Labute approximate surface area is 164 Å². The minimum absolute atomic E-state index is 0.269. The summed E-state index contributed by atoms with van der Waals surface area (Å²) in [7, 11) is 0. The number of H-pyrrole nitrogens is 1. The zero-order valence-corrected chi connectivity index (χ0v) is 16.0. The number of aromatic amines is 1. The molecule has 0 fully saturated rings. The molecule has 3 aromatic rings. The fourth-order valence-corrected chi connectivity index (χ4v) is 4.19. The second-order valence-electron chi connectivity index (χ2n) is 7.33. The highest BCUT2D eigenvalue weighted by atomic mass is 19.4. The molecule has 0 amide bonds. The molecule has 152 valence electrons. The van der Waals surface area contributed by atoms with Gasteiger partial charge in [-0.05, 0) is 50.3 Å². The van der Waals surface area contributed by atoms with Crippen molar-refractivity contribution >= 4 is 0 Å². The van der Waals surface area contributed by atoms with Crippen LogP contribution in [0.4, 0.5) is 13.2 Å². The maximum Gasteiger partial charge on any atom is 0.416 e. The average Bonchev–Trinajstić information content (AvgIpc) is 3.11. The number of alkyl halides is 3. The van der Waals surface area contributed by atoms with E-state index in [9.17, 15) is 18.0 Å². The fraction of sp³-hybridized carbons (Fsp3) is 0.400. The van der Waals surface area contributed by atoms with E-state index in [1.54, 1.807) is 6.92 Å². The summed E-state index contributed by atoms with van der Waals surface area (Å²) >= 11 is 0. The van der Waals surface area contributed by atoms with Crippen LogP contribution in [0.5, 0.6) is 0 Å². The number of rotatable bonds is 3. The van der Waals surface area contributed by atoms with Crippen LogP contribution in [-0.2, 0) is 18.1 Å². The van der Waals surface area contributed by atoms with Gasteiger partial charge in [0, 0.05) is 6.07 Å². The van der Waals surface area contributed by atoms with Crippen LogP contribution in [0.25, 0.3) is 11.4 Å². The predicted octanol–water partition coefficient (Wildman–Crippen LogP) is 3.85. The molecule has 0 saturated carbocycles. The van der Waals surface area contributed by atoms with Crippen molar-refractivity contribution in [3.8, 4) is 11.4 Å². The van der Waals surface area contributed by atoms with E-state index >= 15 is 0 Å². The van der Waals surface area contributed by atoms with Gasteiger partial charge >= 0.3 is 6.18 Å². The molecule has 2 aromatic heterocycles. The molecule has 0 spiro atoms. The highest BCUT2D eigenvalue weighted by molar-refractivity contribution is 5.57. The molecule has 1 aromatic carbocycles. The van der Waals surface area contributed by atoms with Gasteiger partial charge in [-0.15, -0.1) is 5.10 Å². The topological polar surface area (TPSA) is 76.5 Å². The molecule has 3 heterocycles. The van der Waals surface area contributed by atoms with Gasteiger partial charge in [-0.2, -0.15) is 13.2 Å². The number of fused-ring (bicyclic) bond motifs is 1. The van der Waals surface area contributed by atoms with Crippen LogP contribution in [0.3, 0.4) is 0 Å². The standard InChI is InChI=1S/C20H20F3N5O/c1-3-19(13-6-8-14(9-7-13)20(21,22)23)10-4-5-16-18(26-27-28(16)19)15-11-17(29)25-12(2)24-15/h6-9,11H,3-5,10H2,1-2H3,(H,24,25,29)/t19-/m0/s1. The highest BCUT2D eigenvalue weighted by Gasteiger charge is 2.40. The molecule has 0 unspecified atom stereocenters. The summed E-state index contributed by atoms with van der Waals surface area (Å²) in [6, 6.07) is 6.66. The third kappa shape index (κ3) is 3.24. The van der Waals surface area contributed by atoms with E-state index in [1.807, 2.05) is 11.6 Å². The molecule has 1 N–H and O–H groups in total. The third-order valence-electron chi connectivity index (χ3n) is 5.61. The van der Waals surface area contributed by atoms with E-state index in [1.165, 1.54) is 18.2 Å². The van der Waals surface area contributed by atoms with Crippen LogP contribution in [0.1, 0.15) is 48.8 Å². The SMILES string of the molecule is CC[C@@]1(c2ccc(C(F)(F)F)cc2)CCCc2c(-c3cc(=O)[nH]c(C)n3)nnn21. The normalized spacial score (nSPS) is 19.2. The quantitative estimate of drug-likeness (QED) is 0.721. The van der Waals surface area contributed by atoms with Gasteiger partial charge in [-0.3, -0.25) is 4.79 Å². The molecule has 6 nitrogen and oxygen atoms in total. The number of nitrogens with zero attached hydrogens (tertiary/aromatic N) is 4. The Morgan fingerprint density at radius 1 is 1.24 bits per heavy atom. The summed E-state index contributed by atoms with van der Waals surface area (Å²) in [5, 5.41) is 8.65. The molecule has 0 aliphatic carbocycles. The lowest BCUT2D eigenvalue weighted by molar-refractivity contribution is -0.137. The van der Waals surface area contributed by atoms with Crippen LogP contribution >= 0.6 is 0 Å². The number of benzene rings is 1. The van der Waals surface area contributed by atoms with Gasteiger partial charge in [0.2, 0.25) is 0 Å². The highest BCUT2D eigenvalue weighted by Crippen LogP contribution is 2.42. The number of hydrogen-bond donors (Lipinski definition) is 1. The monoisotopic (exact) mass is 403 g/mol. The van der Waals surface area contributed by atoms with E-state index in [0.717, 1.165) is 36.2 Å². The minimum Gasteiger partial charge on any atom is -0.311 e. The Morgan fingerprint density at radius 3 is 2.59 bits per heavy atom. The first-order chi connectivity index (χ1) is 13.7. The molecule has 0 saturated heterocycles. The Bertz CT molecular complexity index is 1100. The first-order valence-electron chi connectivity index (χ1n) is 9.46. The Balaban J connectivity index is 1.83. The second-order valence-corrected chi connectivity index (χ2v) is 7.33. The fourth-order valence-electron chi connectivity index (χ4n) is 4.19. The molecule has 0 radical (unpaired) electrons. The molecule has 1 atom stereocenters. The number of halogens is 3. The summed E-state index contributed by atoms with van der Waals surface area (Å²) in [4.78, 5) is 18.8. The molecule has 1 aliphatic heterocycles. The van der Waals surface area contributed by atoms with Crippen LogP contribution in [0.15, 0.2) is 35.1 Å². The first-order valence-corrected chi connectivity index (χ1v) is 9.46. The van der Waals surface area contributed by atoms with Crippen LogP contribution < -0.4 is 5.56 Å². The molecule has 0 bridgehead atoms. The van der Waals surface area contributed by atoms with E-state index in [4.69, 9.17) is 0 Å². The molecular weight excluding hydrogens is 383 g/mol. The lowest BCUT2D eigenvalue weighted by atomic mass is 9.79. The number of aromatic nitrogens is 5. The van der Waals surface area contributed by atoms with Gasteiger partial charge in [-0.1, -0.05) is 24.3 Å². The van der Waals surface area contributed by atoms with Gasteiger partial charge in [-0.25, -0.2) is 9.67 Å². The van der Waals surface area contributed by atoms with Gasteiger partial charge in [0.1, 0.15) is 17.2 Å². The Kier molecular flexibility index (Phi) is 4.55. The van der Waals surface area contributed by atoms with Crippen LogP contribution in [0.2, 0.25) is 0 Å². The number of nitrogens with one attached hydrogen (secondary N) is 1. The van der Waals surface area contributed by atoms with Crippen molar-refractivity contribution < 1.29 is 13.2 Å². The van der Waals surface area contributed by atoms with Crippen molar-refractivity contribution in [3.05, 3.63) is 63.3 Å². The Morgan fingerprint density at radius 2 is 1.97 bits per heavy atom. The summed E-state index contributed by atoms with van der Waals surface area (Å²) in [6.07, 6.45) is -1.45. The molecule has 9 heteroatoms. The number of aryl methyl sites for hydroxylation is 1. The van der Waals surface area contributed by atoms with Crippen molar-refractivity contribution in [3.63, 3.8) is 0 Å². The van der Waals surface area contributed by atoms with Gasteiger partial charge in [0.15, 0.2) is 0 Å². The van der Waals surface area contributed by atoms with Gasteiger partial charge in [0.05, 0.1) is 16.8 Å². The summed E-state index contributed by atoms with van der Waals surface area (Å²) in [6.45, 7) is 3.68. The molecule has 1 aliphatic rings. The summed E-state index contributed by atoms with van der Waals surface area (Å²) in [5.74, 6) is 0.481. The van der Waals surface area contributed by atoms with Gasteiger partial charge < -0.3 is 4.98 Å². The Hall–Kier alpha value is -2.97. The summed E-state index contributed by atoms with van der Waals surface area (Å²) < 4.78 is 40.7. The van der Waals surface area contributed by atoms with Gasteiger partial charge in [0.25, 0.3) is 5.56 Å².